The van der Waals surface area contributed by atoms with Crippen LogP contribution in [0.5, 0.6) is 0 Å². The molecule has 1 unspecified atom stereocenters. The van der Waals surface area contributed by atoms with Gasteiger partial charge in [0.05, 0.1) is 6.10 Å². The van der Waals surface area contributed by atoms with Crippen molar-refractivity contribution in [3.63, 3.8) is 0 Å². The maximum Gasteiger partial charge on any atom is 0.188 e. The summed E-state index contributed by atoms with van der Waals surface area (Å²) in [5.41, 5.74) is 0.701. The molecule has 3 heteroatoms. The van der Waals surface area contributed by atoms with Gasteiger partial charge in [-0.3, -0.25) is 4.79 Å². The molecule has 0 N–H and O–H groups in total. The molecular formula is C13H17BrO2. The number of halogens is 1. The Morgan fingerprint density at radius 1 is 1.38 bits per heavy atom. The van der Waals surface area contributed by atoms with Gasteiger partial charge in [0, 0.05) is 10.0 Å². The standard InChI is InChI=1S/C13H17BrO2/c1-3-4-10(2)16-9-13(15)11-5-7-12(14)8-6-11/h5-8,10H,3-4,9H2,1-2H3. The minimum atomic E-state index is 0.0375. The molecule has 0 aliphatic heterocycles. The third kappa shape index (κ3) is 4.45. The largest absolute Gasteiger partial charge is 0.370 e. The normalized spacial score (nSPS) is 12.4. The van der Waals surface area contributed by atoms with Crippen LogP contribution in [-0.4, -0.2) is 18.5 Å². The Bertz CT molecular complexity index is 332. The molecule has 0 amide bonds. The van der Waals surface area contributed by atoms with Gasteiger partial charge < -0.3 is 4.74 Å². The number of rotatable bonds is 6. The van der Waals surface area contributed by atoms with Gasteiger partial charge in [-0.05, 0) is 25.5 Å². The Morgan fingerprint density at radius 2 is 2.00 bits per heavy atom. The summed E-state index contributed by atoms with van der Waals surface area (Å²) in [6, 6.07) is 7.34. The fraction of sp³-hybridized carbons (Fsp3) is 0.462. The van der Waals surface area contributed by atoms with Crippen LogP contribution < -0.4 is 0 Å². The molecule has 0 bridgehead atoms. The SMILES string of the molecule is CCCC(C)OCC(=O)c1ccc(Br)cc1. The van der Waals surface area contributed by atoms with Gasteiger partial charge in [0.25, 0.3) is 0 Å². The highest BCUT2D eigenvalue weighted by Crippen LogP contribution is 2.11. The number of benzene rings is 1. The number of Topliss-reactive ketones (excluding diaryl/α,β-unsaturated/α-hetero) is 1. The van der Waals surface area contributed by atoms with Crippen molar-refractivity contribution in [1.29, 1.82) is 0 Å². The molecule has 1 rings (SSSR count). The first kappa shape index (κ1) is 13.4. The van der Waals surface area contributed by atoms with Crippen molar-refractivity contribution >= 4 is 21.7 Å². The zero-order chi connectivity index (χ0) is 12.0. The van der Waals surface area contributed by atoms with Gasteiger partial charge in [0.15, 0.2) is 5.78 Å². The van der Waals surface area contributed by atoms with Gasteiger partial charge in [-0.1, -0.05) is 41.4 Å². The molecule has 1 aromatic rings. The van der Waals surface area contributed by atoms with Crippen LogP contribution in [0, 0.1) is 0 Å². The van der Waals surface area contributed by atoms with Gasteiger partial charge in [-0.2, -0.15) is 0 Å². The Hall–Kier alpha value is -0.670. The van der Waals surface area contributed by atoms with Crippen LogP contribution in [0.2, 0.25) is 0 Å². The lowest BCUT2D eigenvalue weighted by Gasteiger charge is -2.10. The van der Waals surface area contributed by atoms with Gasteiger partial charge in [-0.25, -0.2) is 0 Å². The monoisotopic (exact) mass is 284 g/mol. The number of hydrogen-bond acceptors (Lipinski definition) is 2. The fourth-order valence-electron chi connectivity index (χ4n) is 1.43. The van der Waals surface area contributed by atoms with Crippen molar-refractivity contribution in [3.8, 4) is 0 Å². The maximum absolute atomic E-state index is 11.7. The molecule has 1 aromatic carbocycles. The summed E-state index contributed by atoms with van der Waals surface area (Å²) in [4.78, 5) is 11.7. The minimum absolute atomic E-state index is 0.0375. The maximum atomic E-state index is 11.7. The van der Waals surface area contributed by atoms with Crippen molar-refractivity contribution in [2.45, 2.75) is 32.8 Å². The van der Waals surface area contributed by atoms with Gasteiger partial charge >= 0.3 is 0 Å². The highest BCUT2D eigenvalue weighted by atomic mass is 79.9. The van der Waals surface area contributed by atoms with E-state index in [4.69, 9.17) is 4.74 Å². The first-order valence-corrected chi connectivity index (χ1v) is 6.33. The van der Waals surface area contributed by atoms with E-state index in [2.05, 4.69) is 22.9 Å². The van der Waals surface area contributed by atoms with Crippen LogP contribution in [0.4, 0.5) is 0 Å². The molecule has 88 valence electrons. The average molecular weight is 285 g/mol. The lowest BCUT2D eigenvalue weighted by atomic mass is 10.1. The zero-order valence-corrected chi connectivity index (χ0v) is 11.3. The van der Waals surface area contributed by atoms with E-state index in [1.54, 1.807) is 12.1 Å². The Balaban J connectivity index is 2.43. The quantitative estimate of drug-likeness (QED) is 0.742. The molecule has 0 aliphatic carbocycles. The molecule has 0 fully saturated rings. The van der Waals surface area contributed by atoms with Gasteiger partial charge in [0.2, 0.25) is 0 Å². The lowest BCUT2D eigenvalue weighted by molar-refractivity contribution is 0.0490. The van der Waals surface area contributed by atoms with Crippen LogP contribution in [-0.2, 0) is 4.74 Å². The molecule has 16 heavy (non-hydrogen) atoms. The third-order valence-corrected chi connectivity index (χ3v) is 2.89. The fourth-order valence-corrected chi connectivity index (χ4v) is 1.69. The van der Waals surface area contributed by atoms with E-state index in [1.807, 2.05) is 19.1 Å². The molecule has 0 saturated heterocycles. The van der Waals surface area contributed by atoms with E-state index in [0.29, 0.717) is 5.56 Å². The van der Waals surface area contributed by atoms with E-state index in [1.165, 1.54) is 0 Å². The van der Waals surface area contributed by atoms with E-state index in [-0.39, 0.29) is 18.5 Å². The van der Waals surface area contributed by atoms with Crippen molar-refractivity contribution in [1.82, 2.24) is 0 Å². The van der Waals surface area contributed by atoms with Gasteiger partial charge in [0.1, 0.15) is 6.61 Å². The summed E-state index contributed by atoms with van der Waals surface area (Å²) in [5.74, 6) is 0.0375. The molecule has 0 radical (unpaired) electrons. The minimum Gasteiger partial charge on any atom is -0.370 e. The van der Waals surface area contributed by atoms with Crippen molar-refractivity contribution < 1.29 is 9.53 Å². The molecule has 0 aliphatic rings. The number of carbonyl (C=O) groups is 1. The summed E-state index contributed by atoms with van der Waals surface area (Å²) in [6.45, 7) is 4.28. The number of hydrogen-bond donors (Lipinski definition) is 0. The highest BCUT2D eigenvalue weighted by molar-refractivity contribution is 9.10. The van der Waals surface area contributed by atoms with E-state index >= 15 is 0 Å². The van der Waals surface area contributed by atoms with Crippen LogP contribution in [0.1, 0.15) is 37.0 Å². The number of ketones is 1. The highest BCUT2D eigenvalue weighted by Gasteiger charge is 2.08. The van der Waals surface area contributed by atoms with Crippen molar-refractivity contribution in [2.24, 2.45) is 0 Å². The summed E-state index contributed by atoms with van der Waals surface area (Å²) in [7, 11) is 0. The number of carbonyl (C=O) groups excluding carboxylic acids is 1. The summed E-state index contributed by atoms with van der Waals surface area (Å²) < 4.78 is 6.44. The van der Waals surface area contributed by atoms with Gasteiger partial charge in [-0.15, -0.1) is 0 Å². The Morgan fingerprint density at radius 3 is 2.56 bits per heavy atom. The second-order valence-electron chi connectivity index (χ2n) is 3.84. The van der Waals surface area contributed by atoms with Crippen molar-refractivity contribution in [3.05, 3.63) is 34.3 Å². The number of ether oxygens (including phenoxy) is 1. The lowest BCUT2D eigenvalue weighted by Crippen LogP contribution is -2.15. The van der Waals surface area contributed by atoms with Crippen molar-refractivity contribution in [2.75, 3.05) is 6.61 Å². The smallest absolute Gasteiger partial charge is 0.188 e. The Labute approximate surface area is 105 Å². The molecule has 0 spiro atoms. The molecule has 0 heterocycles. The molecule has 1 atom stereocenters. The van der Waals surface area contributed by atoms with Crippen LogP contribution in [0.25, 0.3) is 0 Å². The topological polar surface area (TPSA) is 26.3 Å². The van der Waals surface area contributed by atoms with E-state index < -0.39 is 0 Å². The second kappa shape index (κ2) is 6.81. The summed E-state index contributed by atoms with van der Waals surface area (Å²) in [5, 5.41) is 0. The van der Waals surface area contributed by atoms with Crippen LogP contribution in [0.15, 0.2) is 28.7 Å². The molecule has 0 saturated carbocycles. The van der Waals surface area contributed by atoms with E-state index in [9.17, 15) is 4.79 Å². The molecular weight excluding hydrogens is 268 g/mol. The molecule has 0 aromatic heterocycles. The third-order valence-electron chi connectivity index (χ3n) is 2.36. The molecule has 2 nitrogen and oxygen atoms in total. The summed E-state index contributed by atoms with van der Waals surface area (Å²) >= 11 is 3.33. The second-order valence-corrected chi connectivity index (χ2v) is 4.76. The van der Waals surface area contributed by atoms with E-state index in [0.717, 1.165) is 17.3 Å². The predicted molar refractivity (Wildman–Crippen MR) is 68.8 cm³/mol. The van der Waals surface area contributed by atoms with Crippen LogP contribution in [0.3, 0.4) is 0 Å². The zero-order valence-electron chi connectivity index (χ0n) is 9.70. The summed E-state index contributed by atoms with van der Waals surface area (Å²) in [6.07, 6.45) is 2.23. The Kier molecular flexibility index (Phi) is 5.71. The predicted octanol–water partition coefficient (Wildman–Crippen LogP) is 3.84. The first-order chi connectivity index (χ1) is 7.63. The van der Waals surface area contributed by atoms with Crippen LogP contribution >= 0.6 is 15.9 Å². The first-order valence-electron chi connectivity index (χ1n) is 5.54. The average Bonchev–Trinajstić information content (AvgIpc) is 2.27.